The van der Waals surface area contributed by atoms with Crippen molar-refractivity contribution >= 4 is 17.5 Å². The molecule has 0 radical (unpaired) electrons. The van der Waals surface area contributed by atoms with Gasteiger partial charge in [-0.3, -0.25) is 14.4 Å². The lowest BCUT2D eigenvalue weighted by Crippen LogP contribution is -2.51. The SMILES string of the molecule is CC1C2=C(C(=O)c3c(O)cccc31)C(O)(O)C1=C(CC(O)=C(C(N)=O)C1=O)C2O. The number of carbonyl (C=O) groups excluding carboxylic acids is 3. The van der Waals surface area contributed by atoms with Crippen molar-refractivity contribution in [3.8, 4) is 5.75 Å². The minimum atomic E-state index is -3.16. The zero-order chi connectivity index (χ0) is 21.4. The molecule has 0 spiro atoms. The van der Waals surface area contributed by atoms with Crippen LogP contribution in [0.3, 0.4) is 0 Å². The van der Waals surface area contributed by atoms with E-state index < -0.39 is 64.2 Å². The number of Topliss-reactive ketones (excluding diaryl/α,β-unsaturated/α-hetero) is 2. The van der Waals surface area contributed by atoms with Gasteiger partial charge >= 0.3 is 0 Å². The average Bonchev–Trinajstić information content (AvgIpc) is 2.61. The van der Waals surface area contributed by atoms with Gasteiger partial charge in [0.15, 0.2) is 5.78 Å². The van der Waals surface area contributed by atoms with Crippen LogP contribution in [0.25, 0.3) is 0 Å². The summed E-state index contributed by atoms with van der Waals surface area (Å²) in [5.41, 5.74) is 2.73. The molecule has 3 aliphatic carbocycles. The molecule has 1 aromatic carbocycles. The molecule has 29 heavy (non-hydrogen) atoms. The van der Waals surface area contributed by atoms with E-state index in [-0.39, 0.29) is 22.5 Å². The van der Waals surface area contributed by atoms with Crippen LogP contribution in [0.2, 0.25) is 0 Å². The van der Waals surface area contributed by atoms with Gasteiger partial charge in [-0.05, 0) is 22.8 Å². The van der Waals surface area contributed by atoms with Gasteiger partial charge in [0.25, 0.3) is 5.91 Å². The van der Waals surface area contributed by atoms with Gasteiger partial charge in [-0.2, -0.15) is 0 Å². The minimum absolute atomic E-state index is 0.0556. The van der Waals surface area contributed by atoms with Crippen molar-refractivity contribution in [2.45, 2.75) is 31.2 Å². The Hall–Kier alpha value is -3.27. The second-order valence-corrected chi connectivity index (χ2v) is 7.29. The highest BCUT2D eigenvalue weighted by atomic mass is 16.5. The molecule has 0 bridgehead atoms. The van der Waals surface area contributed by atoms with Crippen molar-refractivity contribution in [1.29, 1.82) is 0 Å². The van der Waals surface area contributed by atoms with E-state index in [9.17, 15) is 39.9 Å². The zero-order valence-electron chi connectivity index (χ0n) is 15.1. The fourth-order valence-corrected chi connectivity index (χ4v) is 4.48. The molecular formula is C20H17NO8. The summed E-state index contributed by atoms with van der Waals surface area (Å²) in [5.74, 6) is -8.49. The zero-order valence-corrected chi connectivity index (χ0v) is 15.1. The van der Waals surface area contributed by atoms with Crippen molar-refractivity contribution in [1.82, 2.24) is 0 Å². The third-order valence-corrected chi connectivity index (χ3v) is 5.74. The second kappa shape index (κ2) is 5.86. The fourth-order valence-electron chi connectivity index (χ4n) is 4.48. The summed E-state index contributed by atoms with van der Waals surface area (Å²) >= 11 is 0. The number of phenolic OH excluding ortho intramolecular Hbond substituents is 1. The standard InChI is InChI=1S/C20H17NO8/c1-6-7-3-2-4-9(22)12(7)17(25)15-11(6)16(24)8-5-10(23)13(19(21)27)18(26)14(8)20(15,28)29/h2-4,6,16,22-24,28-29H,5H2,1H3,(H2,21,27). The first-order chi connectivity index (χ1) is 13.5. The Balaban J connectivity index is 1.97. The highest BCUT2D eigenvalue weighted by Crippen LogP contribution is 2.51. The molecule has 9 nitrogen and oxygen atoms in total. The second-order valence-electron chi connectivity index (χ2n) is 7.29. The predicted molar refractivity (Wildman–Crippen MR) is 96.6 cm³/mol. The first-order valence-electron chi connectivity index (χ1n) is 8.74. The largest absolute Gasteiger partial charge is 0.511 e. The Labute approximate surface area is 163 Å². The number of amides is 1. The molecule has 0 heterocycles. The molecule has 9 heteroatoms. The van der Waals surface area contributed by atoms with Crippen LogP contribution in [-0.2, 0) is 9.59 Å². The lowest BCUT2D eigenvalue weighted by Gasteiger charge is -2.43. The van der Waals surface area contributed by atoms with Crippen LogP contribution in [0.5, 0.6) is 5.75 Å². The van der Waals surface area contributed by atoms with Crippen molar-refractivity contribution in [2.24, 2.45) is 5.73 Å². The summed E-state index contributed by atoms with van der Waals surface area (Å²) in [4.78, 5) is 37.4. The smallest absolute Gasteiger partial charge is 0.256 e. The number of primary amides is 1. The molecule has 0 fully saturated rings. The van der Waals surface area contributed by atoms with Crippen LogP contribution in [0.4, 0.5) is 0 Å². The predicted octanol–water partition coefficient (Wildman–Crippen LogP) is -0.389. The molecule has 0 aliphatic heterocycles. The summed E-state index contributed by atoms with van der Waals surface area (Å²) in [7, 11) is 0. The van der Waals surface area contributed by atoms with Crippen LogP contribution >= 0.6 is 0 Å². The number of fused-ring (bicyclic) bond motifs is 1. The third kappa shape index (κ3) is 2.29. The fraction of sp³-hybridized carbons (Fsp3) is 0.250. The molecule has 150 valence electrons. The third-order valence-electron chi connectivity index (χ3n) is 5.74. The number of allylic oxidation sites excluding steroid dienone is 1. The van der Waals surface area contributed by atoms with E-state index >= 15 is 0 Å². The van der Waals surface area contributed by atoms with E-state index in [1.165, 1.54) is 12.1 Å². The highest BCUT2D eigenvalue weighted by molar-refractivity contribution is 6.28. The van der Waals surface area contributed by atoms with E-state index in [2.05, 4.69) is 0 Å². The number of rotatable bonds is 1. The first kappa shape index (κ1) is 19.1. The summed E-state index contributed by atoms with van der Waals surface area (Å²) in [6.45, 7) is 1.60. The number of benzene rings is 1. The van der Waals surface area contributed by atoms with E-state index in [0.717, 1.165) is 0 Å². The molecular weight excluding hydrogens is 382 g/mol. The Bertz CT molecular complexity index is 1120. The monoisotopic (exact) mass is 399 g/mol. The summed E-state index contributed by atoms with van der Waals surface area (Å²) in [6, 6.07) is 4.32. The van der Waals surface area contributed by atoms with Gasteiger partial charge in [0.05, 0.1) is 22.8 Å². The number of phenols is 1. The van der Waals surface area contributed by atoms with Gasteiger partial charge in [0.2, 0.25) is 11.6 Å². The maximum atomic E-state index is 13.1. The van der Waals surface area contributed by atoms with E-state index in [4.69, 9.17) is 5.73 Å². The number of aliphatic hydroxyl groups excluding tert-OH is 2. The maximum absolute atomic E-state index is 13.1. The van der Waals surface area contributed by atoms with Crippen molar-refractivity contribution in [3.63, 3.8) is 0 Å². The van der Waals surface area contributed by atoms with Crippen molar-refractivity contribution < 1.29 is 39.9 Å². The Morgan fingerprint density at radius 1 is 1.14 bits per heavy atom. The minimum Gasteiger partial charge on any atom is -0.511 e. The van der Waals surface area contributed by atoms with Crippen LogP contribution in [-0.4, -0.2) is 54.9 Å². The molecule has 0 saturated carbocycles. The van der Waals surface area contributed by atoms with Crippen LogP contribution < -0.4 is 5.73 Å². The quantitative estimate of drug-likeness (QED) is 0.273. The normalized spacial score (nSPS) is 25.7. The van der Waals surface area contributed by atoms with Gasteiger partial charge in [-0.15, -0.1) is 0 Å². The number of aromatic hydroxyl groups is 1. The molecule has 0 aromatic heterocycles. The van der Waals surface area contributed by atoms with E-state index in [1.807, 2.05) is 0 Å². The lowest BCUT2D eigenvalue weighted by atomic mass is 9.64. The van der Waals surface area contributed by atoms with E-state index in [1.54, 1.807) is 13.0 Å². The molecule has 1 aromatic rings. The molecule has 7 N–H and O–H groups in total. The number of hydrogen-bond donors (Lipinski definition) is 6. The van der Waals surface area contributed by atoms with Crippen molar-refractivity contribution in [3.05, 3.63) is 63.0 Å². The first-order valence-corrected chi connectivity index (χ1v) is 8.74. The number of aliphatic hydroxyl groups is 4. The van der Waals surface area contributed by atoms with Gasteiger partial charge in [-0.25, -0.2) is 0 Å². The number of carbonyl (C=O) groups is 3. The summed E-state index contributed by atoms with van der Waals surface area (Å²) < 4.78 is 0. The molecule has 4 rings (SSSR count). The Kier molecular flexibility index (Phi) is 3.86. The number of nitrogens with two attached hydrogens (primary N) is 1. The summed E-state index contributed by atoms with van der Waals surface area (Å²) in [5, 5.41) is 52.9. The van der Waals surface area contributed by atoms with Crippen molar-refractivity contribution in [2.75, 3.05) is 0 Å². The van der Waals surface area contributed by atoms with Gasteiger partial charge in [0, 0.05) is 12.3 Å². The van der Waals surface area contributed by atoms with Gasteiger partial charge in [-0.1, -0.05) is 19.1 Å². The molecule has 0 saturated heterocycles. The average molecular weight is 399 g/mol. The van der Waals surface area contributed by atoms with Crippen LogP contribution in [0.15, 0.2) is 51.8 Å². The molecule has 2 atom stereocenters. The number of ketones is 2. The van der Waals surface area contributed by atoms with E-state index in [0.29, 0.717) is 5.56 Å². The topological polar surface area (TPSA) is 178 Å². The Morgan fingerprint density at radius 3 is 2.41 bits per heavy atom. The van der Waals surface area contributed by atoms with Crippen LogP contribution in [0, 0.1) is 0 Å². The van der Waals surface area contributed by atoms with Gasteiger partial charge < -0.3 is 31.3 Å². The Morgan fingerprint density at radius 2 is 1.79 bits per heavy atom. The maximum Gasteiger partial charge on any atom is 0.256 e. The molecule has 1 amide bonds. The summed E-state index contributed by atoms with van der Waals surface area (Å²) in [6.07, 6.45) is -2.11. The van der Waals surface area contributed by atoms with Crippen LogP contribution in [0.1, 0.15) is 35.2 Å². The molecule has 3 aliphatic rings. The highest BCUT2D eigenvalue weighted by Gasteiger charge is 2.55. The van der Waals surface area contributed by atoms with Gasteiger partial charge in [0.1, 0.15) is 17.1 Å². The lowest BCUT2D eigenvalue weighted by molar-refractivity contribution is -0.129. The number of hydrogen-bond acceptors (Lipinski definition) is 8. The molecule has 2 unspecified atom stereocenters.